The van der Waals surface area contributed by atoms with Crippen LogP contribution in [0.5, 0.6) is 11.5 Å². The number of hydrogen-bond acceptors (Lipinski definition) is 6. The molecule has 0 heterocycles. The fourth-order valence-electron chi connectivity index (χ4n) is 1.98. The fourth-order valence-corrected chi connectivity index (χ4v) is 1.98. The molecule has 2 N–H and O–H groups in total. The van der Waals surface area contributed by atoms with Gasteiger partial charge in [-0.05, 0) is 31.0 Å². The molecule has 0 spiro atoms. The molecule has 0 atom stereocenters. The number of nitrogens with one attached hydrogen (secondary N) is 1. The van der Waals surface area contributed by atoms with Crippen LogP contribution in [0.25, 0.3) is 0 Å². The highest BCUT2D eigenvalue weighted by molar-refractivity contribution is 5.78. The zero-order valence-corrected chi connectivity index (χ0v) is 13.0. The van der Waals surface area contributed by atoms with Gasteiger partial charge in [0.2, 0.25) is 5.91 Å². The molecule has 1 aromatic carbocycles. The van der Waals surface area contributed by atoms with E-state index in [1.807, 2.05) is 0 Å². The van der Waals surface area contributed by atoms with Crippen LogP contribution in [0.1, 0.15) is 48.9 Å². The summed E-state index contributed by atoms with van der Waals surface area (Å²) in [5.74, 6) is -0.175. The van der Waals surface area contributed by atoms with Crippen molar-refractivity contribution < 1.29 is 29.1 Å². The van der Waals surface area contributed by atoms with Crippen molar-refractivity contribution in [2.24, 2.45) is 0 Å². The van der Waals surface area contributed by atoms with Crippen LogP contribution in [0.2, 0.25) is 0 Å². The van der Waals surface area contributed by atoms with Gasteiger partial charge in [-0.25, -0.2) is 5.48 Å². The number of carbonyl (C=O) groups is 3. The van der Waals surface area contributed by atoms with Gasteiger partial charge < -0.3 is 9.47 Å². The Hall–Kier alpha value is -2.41. The Morgan fingerprint density at radius 2 is 1.83 bits per heavy atom. The third-order valence-corrected chi connectivity index (χ3v) is 3.21. The zero-order chi connectivity index (χ0) is 17.1. The van der Waals surface area contributed by atoms with E-state index < -0.39 is 5.91 Å². The molecule has 0 aliphatic heterocycles. The maximum atomic E-state index is 11.8. The Bertz CT molecular complexity index is 543. The number of aldehydes is 1. The molecule has 0 unspecified atom stereocenters. The van der Waals surface area contributed by atoms with Gasteiger partial charge in [-0.1, -0.05) is 12.8 Å². The second-order valence-electron chi connectivity index (χ2n) is 4.95. The van der Waals surface area contributed by atoms with E-state index in [1.54, 1.807) is 11.5 Å². The highest BCUT2D eigenvalue weighted by Crippen LogP contribution is 2.28. The molecule has 0 fully saturated rings. The summed E-state index contributed by atoms with van der Waals surface area (Å²) in [6.45, 7) is 0. The number of esters is 1. The van der Waals surface area contributed by atoms with Crippen LogP contribution in [-0.4, -0.2) is 30.5 Å². The van der Waals surface area contributed by atoms with Gasteiger partial charge in [-0.3, -0.25) is 19.6 Å². The number of hydrogen-bond donors (Lipinski definition) is 2. The summed E-state index contributed by atoms with van der Waals surface area (Å²) in [5.41, 5.74) is 2.01. The number of rotatable bonds is 10. The Labute approximate surface area is 134 Å². The minimum atomic E-state index is -0.407. The van der Waals surface area contributed by atoms with E-state index >= 15 is 0 Å². The number of amides is 1. The maximum Gasteiger partial charge on any atom is 0.311 e. The number of ether oxygens (including phenoxy) is 2. The van der Waals surface area contributed by atoms with E-state index in [0.29, 0.717) is 30.4 Å². The van der Waals surface area contributed by atoms with Crippen LogP contribution in [0.3, 0.4) is 0 Å². The van der Waals surface area contributed by atoms with Gasteiger partial charge in [0.25, 0.3) is 0 Å². The Balaban J connectivity index is 2.31. The van der Waals surface area contributed by atoms with Gasteiger partial charge in [0.15, 0.2) is 11.5 Å². The lowest BCUT2D eigenvalue weighted by Gasteiger charge is -2.09. The van der Waals surface area contributed by atoms with E-state index in [1.165, 1.54) is 19.2 Å². The lowest BCUT2D eigenvalue weighted by molar-refractivity contribution is -0.134. The molecule has 0 aliphatic rings. The summed E-state index contributed by atoms with van der Waals surface area (Å²) in [4.78, 5) is 33.3. The first-order valence-electron chi connectivity index (χ1n) is 7.37. The van der Waals surface area contributed by atoms with Gasteiger partial charge in [0.05, 0.1) is 7.11 Å². The average Bonchev–Trinajstić information content (AvgIpc) is 2.57. The third-order valence-electron chi connectivity index (χ3n) is 3.21. The number of unbranched alkanes of at least 4 members (excludes halogenated alkanes) is 3. The van der Waals surface area contributed by atoms with E-state index in [4.69, 9.17) is 14.7 Å². The molecule has 0 saturated heterocycles. The monoisotopic (exact) mass is 323 g/mol. The molecule has 126 valence electrons. The molecule has 0 aromatic heterocycles. The number of benzene rings is 1. The first kappa shape index (κ1) is 18.6. The van der Waals surface area contributed by atoms with Crippen molar-refractivity contribution in [3.63, 3.8) is 0 Å². The first-order valence-corrected chi connectivity index (χ1v) is 7.37. The van der Waals surface area contributed by atoms with Gasteiger partial charge in [-0.2, -0.15) is 0 Å². The van der Waals surface area contributed by atoms with Crippen molar-refractivity contribution in [1.82, 2.24) is 5.48 Å². The van der Waals surface area contributed by atoms with Crippen LogP contribution in [-0.2, 0) is 9.59 Å². The number of hydroxylamine groups is 1. The van der Waals surface area contributed by atoms with E-state index in [-0.39, 0.29) is 24.6 Å². The molecule has 1 amide bonds. The van der Waals surface area contributed by atoms with Gasteiger partial charge >= 0.3 is 5.97 Å². The van der Waals surface area contributed by atoms with Crippen molar-refractivity contribution in [2.45, 2.75) is 38.5 Å². The Morgan fingerprint density at radius 1 is 1.13 bits per heavy atom. The van der Waals surface area contributed by atoms with E-state index in [0.717, 1.165) is 12.8 Å². The van der Waals surface area contributed by atoms with Gasteiger partial charge in [-0.15, -0.1) is 0 Å². The van der Waals surface area contributed by atoms with Crippen LogP contribution in [0.4, 0.5) is 0 Å². The van der Waals surface area contributed by atoms with Crippen molar-refractivity contribution in [1.29, 1.82) is 0 Å². The Morgan fingerprint density at radius 3 is 2.43 bits per heavy atom. The standard InChI is InChI=1S/C16H21NO6/c1-22-14-10-12(11-18)8-9-13(14)23-16(20)7-5-3-2-4-6-15(19)17-21/h8-11,21H,2-7H2,1H3,(H,17,19). The number of carbonyl (C=O) groups excluding carboxylic acids is 3. The average molecular weight is 323 g/mol. The number of methoxy groups -OCH3 is 1. The van der Waals surface area contributed by atoms with Crippen LogP contribution >= 0.6 is 0 Å². The SMILES string of the molecule is COc1cc(C=O)ccc1OC(=O)CCCCCCC(=O)NO. The lowest BCUT2D eigenvalue weighted by Crippen LogP contribution is -2.17. The summed E-state index contributed by atoms with van der Waals surface area (Å²) in [5, 5.41) is 8.34. The Kier molecular flexibility index (Phi) is 8.38. The molecule has 23 heavy (non-hydrogen) atoms. The lowest BCUT2D eigenvalue weighted by atomic mass is 10.1. The second-order valence-corrected chi connectivity index (χ2v) is 4.95. The third kappa shape index (κ3) is 6.92. The van der Waals surface area contributed by atoms with Crippen molar-refractivity contribution in [2.75, 3.05) is 7.11 Å². The largest absolute Gasteiger partial charge is 0.493 e. The second kappa shape index (κ2) is 10.3. The fraction of sp³-hybridized carbons (Fsp3) is 0.438. The normalized spacial score (nSPS) is 10.0. The minimum absolute atomic E-state index is 0.255. The molecular formula is C16H21NO6. The topological polar surface area (TPSA) is 102 Å². The maximum absolute atomic E-state index is 11.8. The highest BCUT2D eigenvalue weighted by atomic mass is 16.6. The quantitative estimate of drug-likeness (QED) is 0.171. The summed E-state index contributed by atoms with van der Waals surface area (Å²) < 4.78 is 10.3. The predicted octanol–water partition coefficient (Wildman–Crippen LogP) is 2.26. The van der Waals surface area contributed by atoms with Crippen LogP contribution in [0.15, 0.2) is 18.2 Å². The van der Waals surface area contributed by atoms with Crippen molar-refractivity contribution in [3.8, 4) is 11.5 Å². The van der Waals surface area contributed by atoms with Crippen molar-refractivity contribution >= 4 is 18.2 Å². The summed E-state index contributed by atoms with van der Waals surface area (Å²) in [6.07, 6.45) is 4.08. The van der Waals surface area contributed by atoms with Crippen LogP contribution < -0.4 is 15.0 Å². The van der Waals surface area contributed by atoms with E-state index in [2.05, 4.69) is 0 Å². The zero-order valence-electron chi connectivity index (χ0n) is 13.0. The minimum Gasteiger partial charge on any atom is -0.493 e. The molecule has 0 bridgehead atoms. The summed E-state index contributed by atoms with van der Waals surface area (Å²) >= 11 is 0. The summed E-state index contributed by atoms with van der Waals surface area (Å²) in [6, 6.07) is 4.57. The summed E-state index contributed by atoms with van der Waals surface area (Å²) in [7, 11) is 1.43. The van der Waals surface area contributed by atoms with Crippen molar-refractivity contribution in [3.05, 3.63) is 23.8 Å². The molecule has 1 rings (SSSR count). The first-order chi connectivity index (χ1) is 11.1. The van der Waals surface area contributed by atoms with Gasteiger partial charge in [0.1, 0.15) is 6.29 Å². The van der Waals surface area contributed by atoms with Gasteiger partial charge in [0, 0.05) is 18.4 Å². The molecule has 7 nitrogen and oxygen atoms in total. The van der Waals surface area contributed by atoms with E-state index in [9.17, 15) is 14.4 Å². The molecule has 0 saturated carbocycles. The molecule has 1 aromatic rings. The molecule has 7 heteroatoms. The molecule has 0 aliphatic carbocycles. The predicted molar refractivity (Wildman–Crippen MR) is 81.6 cm³/mol. The van der Waals surface area contributed by atoms with Crippen LogP contribution in [0, 0.1) is 0 Å². The highest BCUT2D eigenvalue weighted by Gasteiger charge is 2.10. The molecular weight excluding hydrogens is 302 g/mol. The molecule has 0 radical (unpaired) electrons. The smallest absolute Gasteiger partial charge is 0.311 e.